The van der Waals surface area contributed by atoms with Crippen LogP contribution in [-0.2, 0) is 22.6 Å². The zero-order valence-electron chi connectivity index (χ0n) is 16.7. The van der Waals surface area contributed by atoms with Gasteiger partial charge in [0.05, 0.1) is 6.54 Å². The van der Waals surface area contributed by atoms with Crippen molar-refractivity contribution in [3.63, 3.8) is 0 Å². The Balaban J connectivity index is 1.36. The highest BCUT2D eigenvalue weighted by Gasteiger charge is 2.24. The predicted octanol–water partition coefficient (Wildman–Crippen LogP) is 2.28. The average molecular weight is 387 g/mol. The van der Waals surface area contributed by atoms with E-state index in [-0.39, 0.29) is 11.8 Å². The van der Waals surface area contributed by atoms with Crippen molar-refractivity contribution in [3.8, 4) is 0 Å². The molecule has 1 saturated heterocycles. The zero-order valence-corrected chi connectivity index (χ0v) is 16.7. The molecule has 2 aromatic rings. The molecule has 2 amide bonds. The van der Waals surface area contributed by atoms with Crippen LogP contribution in [0.4, 0.5) is 0 Å². The van der Waals surface area contributed by atoms with Crippen molar-refractivity contribution in [2.45, 2.75) is 58.9 Å². The molecule has 0 bridgehead atoms. The normalized spacial score (nSPS) is 16.9. The number of amides is 2. The second kappa shape index (κ2) is 9.52. The summed E-state index contributed by atoms with van der Waals surface area (Å²) in [6.45, 7) is 5.68. The Bertz CT molecular complexity index is 797. The van der Waals surface area contributed by atoms with E-state index < -0.39 is 0 Å². The second-order valence-corrected chi connectivity index (χ2v) is 7.51. The molecule has 0 saturated carbocycles. The number of carbonyl (C=O) groups excluding carboxylic acids is 2. The van der Waals surface area contributed by atoms with Crippen LogP contribution in [0.2, 0.25) is 0 Å². The van der Waals surface area contributed by atoms with Crippen molar-refractivity contribution < 1.29 is 14.0 Å². The molecule has 0 spiro atoms. The van der Waals surface area contributed by atoms with E-state index in [1.807, 2.05) is 30.9 Å². The molecule has 0 unspecified atom stereocenters. The van der Waals surface area contributed by atoms with Crippen LogP contribution in [0.3, 0.4) is 0 Å². The smallest absolute Gasteiger partial charge is 0.223 e. The number of likely N-dealkylation sites (tertiary alicyclic amines) is 1. The minimum atomic E-state index is 0.0254. The van der Waals surface area contributed by atoms with Crippen LogP contribution in [0.15, 0.2) is 16.5 Å². The van der Waals surface area contributed by atoms with Gasteiger partial charge in [0.1, 0.15) is 17.3 Å². The number of aryl methyl sites for hydroxylation is 3. The second-order valence-electron chi connectivity index (χ2n) is 7.51. The van der Waals surface area contributed by atoms with Crippen LogP contribution in [-0.4, -0.2) is 45.0 Å². The number of aromatic nitrogens is 3. The van der Waals surface area contributed by atoms with E-state index in [4.69, 9.17) is 4.42 Å². The highest BCUT2D eigenvalue weighted by Crippen LogP contribution is 2.22. The van der Waals surface area contributed by atoms with E-state index in [0.29, 0.717) is 37.5 Å². The lowest BCUT2D eigenvalue weighted by Gasteiger charge is -2.32. The lowest BCUT2D eigenvalue weighted by atomic mass is 9.93. The Morgan fingerprint density at radius 2 is 2.18 bits per heavy atom. The molecule has 0 aromatic carbocycles. The van der Waals surface area contributed by atoms with Gasteiger partial charge in [0.25, 0.3) is 0 Å². The monoisotopic (exact) mass is 387 g/mol. The van der Waals surface area contributed by atoms with Crippen LogP contribution in [0.1, 0.15) is 55.3 Å². The van der Waals surface area contributed by atoms with Gasteiger partial charge < -0.3 is 14.6 Å². The van der Waals surface area contributed by atoms with Gasteiger partial charge in [0.15, 0.2) is 5.82 Å². The summed E-state index contributed by atoms with van der Waals surface area (Å²) in [7, 11) is 0. The van der Waals surface area contributed by atoms with Crippen molar-refractivity contribution in [2.24, 2.45) is 5.92 Å². The van der Waals surface area contributed by atoms with E-state index in [9.17, 15) is 9.59 Å². The van der Waals surface area contributed by atoms with Gasteiger partial charge in [0.2, 0.25) is 11.8 Å². The summed E-state index contributed by atoms with van der Waals surface area (Å²) in [4.78, 5) is 30.8. The van der Waals surface area contributed by atoms with Gasteiger partial charge in [-0.05, 0) is 51.2 Å². The summed E-state index contributed by atoms with van der Waals surface area (Å²) >= 11 is 0. The molecule has 1 fully saturated rings. The van der Waals surface area contributed by atoms with Crippen LogP contribution in [0.5, 0.6) is 0 Å². The van der Waals surface area contributed by atoms with Gasteiger partial charge in [0, 0.05) is 32.4 Å². The SMILES string of the molecule is Cc1nc(CCC(=O)N2CCC[C@H](CCC(=O)NCc3ccc(C)o3)C2)n[nH]1. The van der Waals surface area contributed by atoms with E-state index >= 15 is 0 Å². The van der Waals surface area contributed by atoms with E-state index in [0.717, 1.165) is 49.7 Å². The predicted molar refractivity (Wildman–Crippen MR) is 103 cm³/mol. The maximum absolute atomic E-state index is 12.5. The summed E-state index contributed by atoms with van der Waals surface area (Å²) in [6, 6.07) is 3.76. The molecule has 2 aromatic heterocycles. The number of piperidine rings is 1. The van der Waals surface area contributed by atoms with Gasteiger partial charge in [-0.25, -0.2) is 4.98 Å². The molecule has 0 radical (unpaired) electrons. The van der Waals surface area contributed by atoms with Crippen molar-refractivity contribution in [1.29, 1.82) is 0 Å². The van der Waals surface area contributed by atoms with Gasteiger partial charge >= 0.3 is 0 Å². The van der Waals surface area contributed by atoms with Gasteiger partial charge in [-0.1, -0.05) is 0 Å². The summed E-state index contributed by atoms with van der Waals surface area (Å²) in [5.74, 6) is 3.60. The Morgan fingerprint density at radius 3 is 2.89 bits per heavy atom. The number of rotatable bonds is 8. The summed E-state index contributed by atoms with van der Waals surface area (Å²) < 4.78 is 5.46. The highest BCUT2D eigenvalue weighted by atomic mass is 16.3. The molecule has 8 nitrogen and oxygen atoms in total. The maximum Gasteiger partial charge on any atom is 0.223 e. The summed E-state index contributed by atoms with van der Waals surface area (Å²) in [6.07, 6.45) is 4.31. The molecule has 3 rings (SSSR count). The largest absolute Gasteiger partial charge is 0.465 e. The number of furan rings is 1. The van der Waals surface area contributed by atoms with Crippen LogP contribution in [0.25, 0.3) is 0 Å². The number of nitrogens with zero attached hydrogens (tertiary/aromatic N) is 3. The van der Waals surface area contributed by atoms with Crippen LogP contribution < -0.4 is 5.32 Å². The van der Waals surface area contributed by atoms with Crippen LogP contribution in [0, 0.1) is 19.8 Å². The number of H-pyrrole nitrogens is 1. The maximum atomic E-state index is 12.5. The Morgan fingerprint density at radius 1 is 1.32 bits per heavy atom. The number of carbonyl (C=O) groups is 2. The molecular formula is C20H29N5O3. The molecule has 28 heavy (non-hydrogen) atoms. The van der Waals surface area contributed by atoms with Gasteiger partial charge in [-0.15, -0.1) is 0 Å². The highest BCUT2D eigenvalue weighted by molar-refractivity contribution is 5.77. The average Bonchev–Trinajstić information content (AvgIpc) is 3.30. The van der Waals surface area contributed by atoms with Crippen molar-refractivity contribution in [1.82, 2.24) is 25.4 Å². The first-order valence-corrected chi connectivity index (χ1v) is 9.97. The molecule has 1 aliphatic rings. The first kappa shape index (κ1) is 20.1. The Labute approximate surface area is 165 Å². The minimum absolute atomic E-state index is 0.0254. The molecule has 0 aliphatic carbocycles. The quantitative estimate of drug-likeness (QED) is 0.723. The summed E-state index contributed by atoms with van der Waals surface area (Å²) in [5, 5.41) is 9.77. The van der Waals surface area contributed by atoms with Crippen molar-refractivity contribution in [2.75, 3.05) is 13.1 Å². The van der Waals surface area contributed by atoms with Crippen molar-refractivity contribution in [3.05, 3.63) is 35.3 Å². The first-order valence-electron chi connectivity index (χ1n) is 9.97. The number of nitrogens with one attached hydrogen (secondary N) is 2. The van der Waals surface area contributed by atoms with Crippen molar-refractivity contribution >= 4 is 11.8 Å². The Kier molecular flexibility index (Phi) is 6.84. The number of hydrogen-bond acceptors (Lipinski definition) is 5. The fraction of sp³-hybridized carbons (Fsp3) is 0.600. The number of hydrogen-bond donors (Lipinski definition) is 2. The fourth-order valence-corrected chi connectivity index (χ4v) is 3.59. The third-order valence-corrected chi connectivity index (χ3v) is 5.11. The minimum Gasteiger partial charge on any atom is -0.465 e. The van der Waals surface area contributed by atoms with E-state index in [1.54, 1.807) is 0 Å². The lowest BCUT2D eigenvalue weighted by molar-refractivity contribution is -0.133. The first-order chi connectivity index (χ1) is 13.5. The van der Waals surface area contributed by atoms with Crippen LogP contribution >= 0.6 is 0 Å². The standard InChI is InChI=1S/C20H29N5O3/c1-14-5-7-17(28-14)12-21-19(26)9-6-16-4-3-11-25(13-16)20(27)10-8-18-22-15(2)23-24-18/h5,7,16H,3-4,6,8-13H2,1-2H3,(H,21,26)(H,22,23,24)/t16-/m1/s1. The molecular weight excluding hydrogens is 358 g/mol. The fourth-order valence-electron chi connectivity index (χ4n) is 3.59. The molecule has 2 N–H and O–H groups in total. The lowest BCUT2D eigenvalue weighted by Crippen LogP contribution is -2.40. The molecule has 3 heterocycles. The van der Waals surface area contributed by atoms with E-state index in [2.05, 4.69) is 20.5 Å². The molecule has 152 valence electrons. The third kappa shape index (κ3) is 5.94. The van der Waals surface area contributed by atoms with E-state index in [1.165, 1.54) is 0 Å². The molecule has 8 heteroatoms. The number of aromatic amines is 1. The molecule has 1 atom stereocenters. The molecule has 1 aliphatic heterocycles. The zero-order chi connectivity index (χ0) is 19.9. The Hall–Kier alpha value is -2.64. The van der Waals surface area contributed by atoms with Gasteiger partial charge in [-0.3, -0.25) is 14.7 Å². The third-order valence-electron chi connectivity index (χ3n) is 5.11. The topological polar surface area (TPSA) is 104 Å². The summed E-state index contributed by atoms with van der Waals surface area (Å²) in [5.41, 5.74) is 0. The van der Waals surface area contributed by atoms with Gasteiger partial charge in [-0.2, -0.15) is 5.10 Å².